The number of hydrogen-bond donors (Lipinski definition) is 9. The van der Waals surface area contributed by atoms with E-state index >= 15 is 0 Å². The van der Waals surface area contributed by atoms with Crippen molar-refractivity contribution >= 4 is 17.9 Å². The molecule has 0 unspecified atom stereocenters. The van der Waals surface area contributed by atoms with Gasteiger partial charge in [-0.25, -0.2) is 28.8 Å². The molecule has 19 heteroatoms. The first-order valence-electron chi connectivity index (χ1n) is 7.99. The van der Waals surface area contributed by atoms with Gasteiger partial charge in [-0.2, -0.15) is 0 Å². The fraction of sp³-hybridized carbons (Fsp3) is 0. The Balaban J connectivity index is 0.000000473. The Morgan fingerprint density at radius 3 is 0.824 bits per heavy atom. The maximum absolute atomic E-state index is 10.5. The van der Waals surface area contributed by atoms with Gasteiger partial charge in [0.05, 0.1) is 0 Å². The molecule has 0 aliphatic heterocycles. The second-order valence-corrected chi connectivity index (χ2v) is 5.42. The predicted molar refractivity (Wildman–Crippen MR) is 104 cm³/mol. The van der Waals surface area contributed by atoms with E-state index in [9.17, 15) is 43.2 Å². The number of H-pyrrole nitrogens is 6. The number of aromatic nitrogens is 6. The van der Waals surface area contributed by atoms with E-state index in [2.05, 4.69) is 0 Å². The standard InChI is InChI=1S/3C5H4N2O4.Tb/c3*8-3-1-2(4(9)10)6-5(11)7-3;/h3*1H,(H,9,10)(H2,6,7,8,11);. The average Bonchev–Trinajstić information content (AvgIpc) is 2.66. The summed E-state index contributed by atoms with van der Waals surface area (Å²) in [5.74, 6) is -4.02. The van der Waals surface area contributed by atoms with Crippen LogP contribution in [0.4, 0.5) is 0 Å². The summed E-state index contributed by atoms with van der Waals surface area (Å²) >= 11 is 0. The van der Waals surface area contributed by atoms with Crippen LogP contribution in [0.5, 0.6) is 0 Å². The summed E-state index contributed by atoms with van der Waals surface area (Å²) in [4.78, 5) is 105. The second-order valence-electron chi connectivity index (χ2n) is 5.42. The van der Waals surface area contributed by atoms with Gasteiger partial charge in [-0.05, 0) is 0 Å². The number of carbonyl (C=O) groups is 3. The number of carboxylic acid groups (broad SMARTS) is 3. The smallest absolute Gasteiger partial charge is 0.352 e. The van der Waals surface area contributed by atoms with E-state index in [1.165, 1.54) is 0 Å². The third-order valence-electron chi connectivity index (χ3n) is 2.97. The minimum Gasteiger partial charge on any atom is -0.477 e. The van der Waals surface area contributed by atoms with Crippen molar-refractivity contribution in [3.63, 3.8) is 0 Å². The van der Waals surface area contributed by atoms with Crippen LogP contribution in [-0.2, 0) is 0 Å². The van der Waals surface area contributed by atoms with Gasteiger partial charge in [-0.1, -0.05) is 0 Å². The molecule has 3 aromatic heterocycles. The van der Waals surface area contributed by atoms with Gasteiger partial charge in [0.2, 0.25) is 0 Å². The molecule has 3 rings (SSSR count). The zero-order valence-electron chi connectivity index (χ0n) is 16.1. The van der Waals surface area contributed by atoms with E-state index in [-0.39, 0.29) is 38.6 Å². The largest absolute Gasteiger partial charge is 0.477 e. The molecule has 0 atom stereocenters. The molecule has 183 valence electrons. The molecule has 34 heavy (non-hydrogen) atoms. The quantitative estimate of drug-likeness (QED) is 0.135. The first kappa shape index (κ1) is 29.7. The summed E-state index contributed by atoms with van der Waals surface area (Å²) in [6, 6.07) is 2.39. The number of nitrogens with one attached hydrogen (secondary N) is 6. The van der Waals surface area contributed by atoms with Crippen LogP contribution < -0.4 is 33.7 Å². The van der Waals surface area contributed by atoms with Crippen LogP contribution in [-0.4, -0.2) is 63.1 Å². The van der Waals surface area contributed by atoms with Crippen LogP contribution in [0.1, 0.15) is 31.5 Å². The Hall–Kier alpha value is -4.26. The Morgan fingerprint density at radius 1 is 0.471 bits per heavy atom. The maximum Gasteiger partial charge on any atom is 0.352 e. The van der Waals surface area contributed by atoms with Crippen molar-refractivity contribution in [2.24, 2.45) is 0 Å². The second kappa shape index (κ2) is 13.3. The van der Waals surface area contributed by atoms with Crippen molar-refractivity contribution in [1.82, 2.24) is 29.9 Å². The number of aromatic carboxylic acids is 3. The average molecular weight is 627 g/mol. The summed E-state index contributed by atoms with van der Waals surface area (Å²) in [5, 5.41) is 24.9. The Kier molecular flexibility index (Phi) is 11.7. The van der Waals surface area contributed by atoms with Gasteiger partial charge >= 0.3 is 35.0 Å². The van der Waals surface area contributed by atoms with Gasteiger partial charge in [0.15, 0.2) is 0 Å². The number of hydrogen-bond acceptors (Lipinski definition) is 9. The first-order valence-corrected chi connectivity index (χ1v) is 7.99. The van der Waals surface area contributed by atoms with Crippen LogP contribution in [0.2, 0.25) is 0 Å². The van der Waals surface area contributed by atoms with Gasteiger partial charge in [-0.15, -0.1) is 0 Å². The number of rotatable bonds is 3. The fourth-order valence-electron chi connectivity index (χ4n) is 1.75. The molecule has 0 spiro atoms. The van der Waals surface area contributed by atoms with E-state index in [0.717, 1.165) is 18.2 Å². The summed E-state index contributed by atoms with van der Waals surface area (Å²) in [6.45, 7) is 0. The normalized spacial score (nSPS) is 9.18. The van der Waals surface area contributed by atoms with Gasteiger partial charge in [0.1, 0.15) is 17.1 Å². The summed E-state index contributed by atoms with van der Waals surface area (Å²) < 4.78 is 0. The SMILES string of the molecule is O=C(O)c1cc(=O)[nH]c(=O)[nH]1.O=C(O)c1cc(=O)[nH]c(=O)[nH]1.O=C(O)c1cc(=O)[nH]c(=O)[nH]1.[Tb]. The topological polar surface area (TPSA) is 309 Å². The monoisotopic (exact) mass is 627 g/mol. The summed E-state index contributed by atoms with van der Waals surface area (Å²) in [7, 11) is 0. The van der Waals surface area contributed by atoms with Crippen molar-refractivity contribution < 1.29 is 68.3 Å². The van der Waals surface area contributed by atoms with Crippen molar-refractivity contribution in [3.8, 4) is 0 Å². The van der Waals surface area contributed by atoms with Crippen LogP contribution in [0.3, 0.4) is 0 Å². The van der Waals surface area contributed by atoms with Crippen molar-refractivity contribution in [2.45, 2.75) is 0 Å². The molecule has 0 aromatic carbocycles. The van der Waals surface area contributed by atoms with E-state index in [0.29, 0.717) is 0 Å². The molecule has 0 saturated carbocycles. The van der Waals surface area contributed by atoms with Gasteiger partial charge < -0.3 is 30.3 Å². The molecular weight excluding hydrogens is 615 g/mol. The van der Waals surface area contributed by atoms with Crippen LogP contribution in [0, 0.1) is 38.6 Å². The van der Waals surface area contributed by atoms with Crippen molar-refractivity contribution in [1.29, 1.82) is 0 Å². The molecule has 0 bridgehead atoms. The number of aromatic amines is 6. The van der Waals surface area contributed by atoms with Crippen LogP contribution in [0.25, 0.3) is 0 Å². The zero-order valence-corrected chi connectivity index (χ0v) is 18.2. The van der Waals surface area contributed by atoms with E-state index < -0.39 is 68.7 Å². The summed E-state index contributed by atoms with van der Waals surface area (Å²) in [5.41, 5.74) is -5.92. The summed E-state index contributed by atoms with van der Waals surface area (Å²) in [6.07, 6.45) is 0. The van der Waals surface area contributed by atoms with Crippen molar-refractivity contribution in [2.75, 3.05) is 0 Å². The van der Waals surface area contributed by atoms with E-state index in [1.807, 2.05) is 29.9 Å². The Morgan fingerprint density at radius 2 is 0.676 bits per heavy atom. The molecular formula is C15H12N6O12Tb. The van der Waals surface area contributed by atoms with Crippen LogP contribution in [0.15, 0.2) is 47.0 Å². The third-order valence-corrected chi connectivity index (χ3v) is 2.97. The van der Waals surface area contributed by atoms with E-state index in [4.69, 9.17) is 15.3 Å². The molecule has 9 N–H and O–H groups in total. The zero-order chi connectivity index (χ0) is 25.3. The van der Waals surface area contributed by atoms with Gasteiger partial charge in [-0.3, -0.25) is 29.3 Å². The molecule has 0 aliphatic carbocycles. The Bertz CT molecular complexity index is 1270. The van der Waals surface area contributed by atoms with E-state index in [1.54, 1.807) is 0 Å². The minimum atomic E-state index is -1.34. The van der Waals surface area contributed by atoms with Gasteiger partial charge in [0, 0.05) is 56.8 Å². The Labute approximate surface area is 213 Å². The first-order chi connectivity index (χ1) is 15.3. The van der Waals surface area contributed by atoms with Crippen LogP contribution >= 0.6 is 0 Å². The maximum atomic E-state index is 10.5. The fourth-order valence-corrected chi connectivity index (χ4v) is 1.75. The predicted octanol–water partition coefficient (Wildman–Crippen LogP) is -3.72. The minimum absolute atomic E-state index is 0. The molecule has 0 amide bonds. The molecule has 3 aromatic rings. The number of carboxylic acids is 3. The molecule has 1 radical (unpaired) electrons. The third kappa shape index (κ3) is 10.4. The molecule has 0 fully saturated rings. The molecule has 3 heterocycles. The van der Waals surface area contributed by atoms with Crippen molar-refractivity contribution in [3.05, 3.63) is 97.8 Å². The molecule has 18 nitrogen and oxygen atoms in total. The van der Waals surface area contributed by atoms with Gasteiger partial charge in [0.25, 0.3) is 16.7 Å². The molecule has 0 aliphatic rings. The molecule has 0 saturated heterocycles.